The number of aromatic nitrogens is 1. The molecule has 1 aromatic heterocycles. The highest BCUT2D eigenvalue weighted by Crippen LogP contribution is 2.26. The largest absolute Gasteiger partial charge is 0.419 e. The second-order valence-corrected chi connectivity index (χ2v) is 3.06. The molecule has 7 heteroatoms. The predicted octanol–water partition coefficient (Wildman–Crippen LogP) is 0.622. The molecule has 0 aliphatic carbocycles. The van der Waals surface area contributed by atoms with Crippen LogP contribution in [0.15, 0.2) is 21.3 Å². The van der Waals surface area contributed by atoms with Crippen molar-refractivity contribution in [3.63, 3.8) is 0 Å². The summed E-state index contributed by atoms with van der Waals surface area (Å²) in [5.41, 5.74) is 5.79. The number of aryl methyl sites for hydroxylation is 1. The van der Waals surface area contributed by atoms with Crippen LogP contribution in [0.25, 0.3) is 11.1 Å². The van der Waals surface area contributed by atoms with Gasteiger partial charge in [0, 0.05) is 7.05 Å². The summed E-state index contributed by atoms with van der Waals surface area (Å²) in [4.78, 5) is 21.0. The number of nitro benzene ring substituents is 1. The summed E-state index contributed by atoms with van der Waals surface area (Å²) in [5.74, 6) is -0.579. The summed E-state index contributed by atoms with van der Waals surface area (Å²) in [7, 11) is 1.50. The summed E-state index contributed by atoms with van der Waals surface area (Å²) >= 11 is 0. The highest BCUT2D eigenvalue weighted by Gasteiger charge is 2.16. The normalized spacial score (nSPS) is 10.7. The van der Waals surface area contributed by atoms with Crippen LogP contribution in [-0.4, -0.2) is 9.49 Å². The standard InChI is InChI=1S/C8H7N3O4/c1-10-6-2-4(9)5(11(13)14)3-7(6)15-8(10)12/h2-3H,9H2,1H3. The summed E-state index contributed by atoms with van der Waals surface area (Å²) in [6.45, 7) is 0. The Morgan fingerprint density at radius 2 is 2.20 bits per heavy atom. The Labute approximate surface area is 82.9 Å². The van der Waals surface area contributed by atoms with Gasteiger partial charge in [0.05, 0.1) is 16.5 Å². The van der Waals surface area contributed by atoms with E-state index in [1.807, 2.05) is 0 Å². The highest BCUT2D eigenvalue weighted by molar-refractivity contribution is 5.82. The molecule has 0 aliphatic rings. The predicted molar refractivity (Wildman–Crippen MR) is 52.5 cm³/mol. The van der Waals surface area contributed by atoms with Crippen molar-refractivity contribution in [1.29, 1.82) is 0 Å². The molecule has 0 unspecified atom stereocenters. The van der Waals surface area contributed by atoms with Crippen molar-refractivity contribution in [2.45, 2.75) is 0 Å². The molecule has 0 spiro atoms. The van der Waals surface area contributed by atoms with E-state index in [9.17, 15) is 14.9 Å². The van der Waals surface area contributed by atoms with Gasteiger partial charge in [0.1, 0.15) is 5.69 Å². The second-order valence-electron chi connectivity index (χ2n) is 3.06. The number of oxazole rings is 1. The number of rotatable bonds is 1. The first-order valence-corrected chi connectivity index (χ1v) is 4.04. The van der Waals surface area contributed by atoms with E-state index in [2.05, 4.69) is 0 Å². The average Bonchev–Trinajstić information content (AvgIpc) is 2.43. The molecule has 2 rings (SSSR count). The fourth-order valence-corrected chi connectivity index (χ4v) is 1.34. The number of fused-ring (bicyclic) bond motifs is 1. The molecular formula is C8H7N3O4. The van der Waals surface area contributed by atoms with Crippen molar-refractivity contribution in [2.24, 2.45) is 7.05 Å². The van der Waals surface area contributed by atoms with Gasteiger partial charge in [0.15, 0.2) is 5.58 Å². The third kappa shape index (κ3) is 1.25. The van der Waals surface area contributed by atoms with Gasteiger partial charge in [-0.15, -0.1) is 0 Å². The third-order valence-corrected chi connectivity index (χ3v) is 2.14. The Morgan fingerprint density at radius 3 is 2.80 bits per heavy atom. The van der Waals surface area contributed by atoms with Crippen LogP contribution in [0.1, 0.15) is 0 Å². The second kappa shape index (κ2) is 2.84. The van der Waals surface area contributed by atoms with Gasteiger partial charge in [0.2, 0.25) is 0 Å². The van der Waals surface area contributed by atoms with Gasteiger partial charge < -0.3 is 10.2 Å². The molecular weight excluding hydrogens is 202 g/mol. The maximum Gasteiger partial charge on any atom is 0.419 e. The number of nitrogens with two attached hydrogens (primary N) is 1. The summed E-state index contributed by atoms with van der Waals surface area (Å²) in [5, 5.41) is 10.6. The number of nitrogen functional groups attached to an aromatic ring is 1. The van der Waals surface area contributed by atoms with Crippen LogP contribution in [0.5, 0.6) is 0 Å². The molecule has 0 saturated carbocycles. The number of nitrogens with zero attached hydrogens (tertiary/aromatic N) is 2. The molecule has 0 saturated heterocycles. The van der Waals surface area contributed by atoms with Crippen molar-refractivity contribution in [3.8, 4) is 0 Å². The Kier molecular flexibility index (Phi) is 1.75. The van der Waals surface area contributed by atoms with Gasteiger partial charge in [-0.2, -0.15) is 0 Å². The average molecular weight is 209 g/mol. The molecule has 0 atom stereocenters. The number of hydrogen-bond acceptors (Lipinski definition) is 5. The van der Waals surface area contributed by atoms with Crippen LogP contribution in [0, 0.1) is 10.1 Å². The monoisotopic (exact) mass is 209 g/mol. The number of nitro groups is 1. The molecule has 0 bridgehead atoms. The van der Waals surface area contributed by atoms with Gasteiger partial charge in [-0.05, 0) is 6.07 Å². The van der Waals surface area contributed by atoms with Gasteiger partial charge in [-0.25, -0.2) is 4.79 Å². The minimum atomic E-state index is -0.623. The molecule has 0 amide bonds. The SMILES string of the molecule is Cn1c(=O)oc2cc([N+](=O)[O-])c(N)cc21. The smallest absolute Gasteiger partial charge is 0.407 e. The minimum Gasteiger partial charge on any atom is -0.407 e. The van der Waals surface area contributed by atoms with Gasteiger partial charge >= 0.3 is 5.76 Å². The molecule has 78 valence electrons. The fourth-order valence-electron chi connectivity index (χ4n) is 1.34. The Balaban J connectivity index is 2.88. The first-order valence-electron chi connectivity index (χ1n) is 4.04. The molecule has 0 aliphatic heterocycles. The third-order valence-electron chi connectivity index (χ3n) is 2.14. The molecule has 0 radical (unpaired) electrons. The van der Waals surface area contributed by atoms with Crippen LogP contribution >= 0.6 is 0 Å². The number of anilines is 1. The first kappa shape index (κ1) is 9.25. The molecule has 0 fully saturated rings. The zero-order chi connectivity index (χ0) is 11.2. The van der Waals surface area contributed by atoms with Crippen LogP contribution in [-0.2, 0) is 7.05 Å². The summed E-state index contributed by atoms with van der Waals surface area (Å²) < 4.78 is 6.02. The van der Waals surface area contributed by atoms with Gasteiger partial charge in [-0.3, -0.25) is 14.7 Å². The Hall–Kier alpha value is -2.31. The van der Waals surface area contributed by atoms with Gasteiger partial charge in [0.25, 0.3) is 5.69 Å². The lowest BCUT2D eigenvalue weighted by Gasteiger charge is -1.96. The fraction of sp³-hybridized carbons (Fsp3) is 0.125. The maximum absolute atomic E-state index is 11.1. The lowest BCUT2D eigenvalue weighted by Crippen LogP contribution is -2.08. The van der Waals surface area contributed by atoms with E-state index in [-0.39, 0.29) is 17.0 Å². The van der Waals surface area contributed by atoms with Crippen LogP contribution in [0.2, 0.25) is 0 Å². The van der Waals surface area contributed by atoms with Crippen LogP contribution in [0.3, 0.4) is 0 Å². The first-order chi connectivity index (χ1) is 7.00. The van der Waals surface area contributed by atoms with Gasteiger partial charge in [-0.1, -0.05) is 0 Å². The summed E-state index contributed by atoms with van der Waals surface area (Å²) in [6.07, 6.45) is 0. The van der Waals surface area contributed by atoms with Crippen molar-refractivity contribution >= 4 is 22.5 Å². The maximum atomic E-state index is 11.1. The van der Waals surface area contributed by atoms with E-state index in [4.69, 9.17) is 10.2 Å². The van der Waals surface area contributed by atoms with Crippen molar-refractivity contribution in [2.75, 3.05) is 5.73 Å². The van der Waals surface area contributed by atoms with Crippen molar-refractivity contribution < 1.29 is 9.34 Å². The Bertz CT molecular complexity index is 610. The lowest BCUT2D eigenvalue weighted by molar-refractivity contribution is -0.383. The Morgan fingerprint density at radius 1 is 1.53 bits per heavy atom. The molecule has 2 aromatic rings. The van der Waals surface area contributed by atoms with Crippen molar-refractivity contribution in [1.82, 2.24) is 4.57 Å². The van der Waals surface area contributed by atoms with E-state index in [0.29, 0.717) is 5.52 Å². The molecule has 7 nitrogen and oxygen atoms in total. The number of hydrogen-bond donors (Lipinski definition) is 1. The summed E-state index contributed by atoms with van der Waals surface area (Å²) in [6, 6.07) is 2.49. The minimum absolute atomic E-state index is 0.00361. The zero-order valence-electron chi connectivity index (χ0n) is 7.76. The van der Waals surface area contributed by atoms with E-state index >= 15 is 0 Å². The van der Waals surface area contributed by atoms with E-state index in [0.717, 1.165) is 6.07 Å². The molecule has 1 aromatic carbocycles. The highest BCUT2D eigenvalue weighted by atomic mass is 16.6. The quantitative estimate of drug-likeness (QED) is 0.421. The lowest BCUT2D eigenvalue weighted by atomic mass is 10.2. The van der Waals surface area contributed by atoms with Crippen molar-refractivity contribution in [3.05, 3.63) is 32.8 Å². The topological polar surface area (TPSA) is 104 Å². The molecule has 2 N–H and O–H groups in total. The van der Waals surface area contributed by atoms with E-state index in [1.54, 1.807) is 0 Å². The molecule has 1 heterocycles. The van der Waals surface area contributed by atoms with E-state index in [1.165, 1.54) is 17.7 Å². The molecule has 15 heavy (non-hydrogen) atoms. The zero-order valence-corrected chi connectivity index (χ0v) is 7.76. The van der Waals surface area contributed by atoms with Crippen LogP contribution in [0.4, 0.5) is 11.4 Å². The van der Waals surface area contributed by atoms with E-state index < -0.39 is 10.7 Å². The van der Waals surface area contributed by atoms with Crippen LogP contribution < -0.4 is 11.5 Å². The number of benzene rings is 1.